The number of nitrogens with zero attached hydrogens (tertiary/aromatic N) is 2. The first-order valence-electron chi connectivity index (χ1n) is 8.03. The van der Waals surface area contributed by atoms with Crippen LogP contribution in [-0.4, -0.2) is 31.3 Å². The van der Waals surface area contributed by atoms with E-state index in [2.05, 4.69) is 26.0 Å². The molecule has 2 heterocycles. The van der Waals surface area contributed by atoms with Crippen LogP contribution in [0.2, 0.25) is 0 Å². The zero-order chi connectivity index (χ0) is 17.6. The summed E-state index contributed by atoms with van der Waals surface area (Å²) in [6.45, 7) is 3.67. The number of hydrogen-bond acceptors (Lipinski definition) is 5. The summed E-state index contributed by atoms with van der Waals surface area (Å²) in [6.07, 6.45) is 0.820. The van der Waals surface area contributed by atoms with E-state index >= 15 is 0 Å². The van der Waals surface area contributed by atoms with E-state index in [9.17, 15) is 4.39 Å². The lowest BCUT2D eigenvalue weighted by Gasteiger charge is -2.21. The standard InChI is InChI=1S/C17H21FN4O2S.HI/c1-11-22-15(9-25-11)3-4-20-17(19-2)21-7-12-5-14(18)6-13-8-23-10-24-16(12)13;/h5-6,9H,3-4,7-8,10H2,1-2H3,(H2,19,20,21);1H. The first-order valence-corrected chi connectivity index (χ1v) is 8.91. The van der Waals surface area contributed by atoms with Crippen LogP contribution in [0.3, 0.4) is 0 Å². The predicted molar refractivity (Wildman–Crippen MR) is 111 cm³/mol. The number of rotatable bonds is 5. The number of ether oxygens (including phenoxy) is 2. The molecule has 0 fully saturated rings. The number of aromatic nitrogens is 1. The van der Waals surface area contributed by atoms with Gasteiger partial charge < -0.3 is 20.1 Å². The second kappa shape index (κ2) is 10.0. The molecule has 0 saturated heterocycles. The van der Waals surface area contributed by atoms with Gasteiger partial charge in [-0.05, 0) is 19.1 Å². The van der Waals surface area contributed by atoms with Crippen LogP contribution in [0, 0.1) is 12.7 Å². The summed E-state index contributed by atoms with van der Waals surface area (Å²) in [6, 6.07) is 2.92. The van der Waals surface area contributed by atoms with Crippen molar-refractivity contribution in [3.05, 3.63) is 45.2 Å². The van der Waals surface area contributed by atoms with Crippen LogP contribution in [-0.2, 0) is 24.3 Å². The molecule has 9 heteroatoms. The highest BCUT2D eigenvalue weighted by molar-refractivity contribution is 14.0. The second-order valence-electron chi connectivity index (χ2n) is 5.62. The lowest BCUT2D eigenvalue weighted by molar-refractivity contribution is -0.0172. The Morgan fingerprint density at radius 2 is 2.23 bits per heavy atom. The Morgan fingerprint density at radius 3 is 2.96 bits per heavy atom. The quantitative estimate of drug-likeness (QED) is 0.382. The smallest absolute Gasteiger partial charge is 0.191 e. The van der Waals surface area contributed by atoms with Crippen LogP contribution in [0.25, 0.3) is 0 Å². The molecule has 0 amide bonds. The molecule has 1 aliphatic heterocycles. The highest BCUT2D eigenvalue weighted by Crippen LogP contribution is 2.29. The van der Waals surface area contributed by atoms with Crippen molar-refractivity contribution in [2.75, 3.05) is 20.4 Å². The Morgan fingerprint density at radius 1 is 1.38 bits per heavy atom. The van der Waals surface area contributed by atoms with E-state index < -0.39 is 0 Å². The highest BCUT2D eigenvalue weighted by Gasteiger charge is 2.17. The number of halogens is 2. The van der Waals surface area contributed by atoms with E-state index in [1.165, 1.54) is 12.1 Å². The normalized spacial score (nSPS) is 13.4. The fourth-order valence-corrected chi connectivity index (χ4v) is 3.27. The molecule has 0 atom stereocenters. The maximum Gasteiger partial charge on any atom is 0.191 e. The fraction of sp³-hybridized carbons (Fsp3) is 0.412. The van der Waals surface area contributed by atoms with Crippen LogP contribution in [0.15, 0.2) is 22.5 Å². The highest BCUT2D eigenvalue weighted by atomic mass is 127. The van der Waals surface area contributed by atoms with E-state index in [1.54, 1.807) is 18.4 Å². The van der Waals surface area contributed by atoms with E-state index in [4.69, 9.17) is 9.47 Å². The molecule has 1 aromatic carbocycles. The summed E-state index contributed by atoms with van der Waals surface area (Å²) >= 11 is 1.65. The van der Waals surface area contributed by atoms with Gasteiger partial charge in [0.15, 0.2) is 12.8 Å². The zero-order valence-corrected chi connectivity index (χ0v) is 17.8. The SMILES string of the molecule is CN=C(NCCc1csc(C)n1)NCc1cc(F)cc2c1OCOC2.I. The van der Waals surface area contributed by atoms with Gasteiger partial charge in [-0.3, -0.25) is 4.99 Å². The van der Waals surface area contributed by atoms with Gasteiger partial charge in [0.05, 0.1) is 17.3 Å². The van der Waals surface area contributed by atoms with Crippen molar-refractivity contribution in [1.29, 1.82) is 0 Å². The van der Waals surface area contributed by atoms with Crippen molar-refractivity contribution in [2.45, 2.75) is 26.5 Å². The van der Waals surface area contributed by atoms with E-state index in [1.807, 2.05) is 6.92 Å². The van der Waals surface area contributed by atoms with Crippen molar-refractivity contribution in [1.82, 2.24) is 15.6 Å². The number of thiazole rings is 1. The van der Waals surface area contributed by atoms with E-state index in [0.29, 0.717) is 31.4 Å². The average Bonchev–Trinajstić information content (AvgIpc) is 3.02. The third kappa shape index (κ3) is 5.52. The summed E-state index contributed by atoms with van der Waals surface area (Å²) in [5.74, 6) is 1.04. The van der Waals surface area contributed by atoms with Gasteiger partial charge in [-0.2, -0.15) is 0 Å². The molecule has 3 rings (SSSR count). The third-order valence-corrected chi connectivity index (χ3v) is 4.58. The number of benzene rings is 1. The Balaban J connectivity index is 0.00000243. The molecule has 0 radical (unpaired) electrons. The maximum absolute atomic E-state index is 13.8. The van der Waals surface area contributed by atoms with E-state index in [0.717, 1.165) is 28.2 Å². The predicted octanol–water partition coefficient (Wildman–Crippen LogP) is 2.98. The molecule has 0 aliphatic carbocycles. The lowest BCUT2D eigenvalue weighted by atomic mass is 10.1. The molecule has 6 nitrogen and oxygen atoms in total. The topological polar surface area (TPSA) is 67.8 Å². The Bertz CT molecular complexity index is 769. The van der Waals surface area contributed by atoms with Crippen LogP contribution in [0.1, 0.15) is 21.8 Å². The molecule has 0 bridgehead atoms. The minimum Gasteiger partial charge on any atom is -0.467 e. The third-order valence-electron chi connectivity index (χ3n) is 3.76. The van der Waals surface area contributed by atoms with Gasteiger partial charge in [-0.1, -0.05) is 0 Å². The minimum atomic E-state index is -0.300. The second-order valence-corrected chi connectivity index (χ2v) is 6.69. The van der Waals surface area contributed by atoms with Crippen molar-refractivity contribution >= 4 is 41.3 Å². The summed E-state index contributed by atoms with van der Waals surface area (Å²) in [4.78, 5) is 8.62. The molecule has 0 unspecified atom stereocenters. The van der Waals surface area contributed by atoms with Gasteiger partial charge in [0, 0.05) is 43.1 Å². The first kappa shape index (κ1) is 20.8. The van der Waals surface area contributed by atoms with Crippen molar-refractivity contribution in [3.8, 4) is 5.75 Å². The van der Waals surface area contributed by atoms with Gasteiger partial charge in [0.2, 0.25) is 0 Å². The summed E-state index contributed by atoms with van der Waals surface area (Å²) < 4.78 is 24.5. The Hall–Kier alpha value is -1.46. The monoisotopic (exact) mass is 492 g/mol. The summed E-state index contributed by atoms with van der Waals surface area (Å²) in [5.41, 5.74) is 2.54. The number of aryl methyl sites for hydroxylation is 1. The Kier molecular flexibility index (Phi) is 8.04. The van der Waals surface area contributed by atoms with Crippen LogP contribution in [0.5, 0.6) is 5.75 Å². The number of hydrogen-bond donors (Lipinski definition) is 2. The minimum absolute atomic E-state index is 0. The van der Waals surface area contributed by atoms with Gasteiger partial charge in [-0.15, -0.1) is 35.3 Å². The molecular weight excluding hydrogens is 470 g/mol. The largest absolute Gasteiger partial charge is 0.467 e. The molecule has 1 aliphatic rings. The summed E-state index contributed by atoms with van der Waals surface area (Å²) in [7, 11) is 1.70. The number of nitrogens with one attached hydrogen (secondary N) is 2. The molecule has 26 heavy (non-hydrogen) atoms. The van der Waals surface area contributed by atoms with Gasteiger partial charge in [0.1, 0.15) is 11.6 Å². The molecule has 1 aromatic heterocycles. The van der Waals surface area contributed by atoms with Crippen LogP contribution < -0.4 is 15.4 Å². The van der Waals surface area contributed by atoms with Gasteiger partial charge in [0.25, 0.3) is 0 Å². The Labute approximate surface area is 173 Å². The van der Waals surface area contributed by atoms with Crippen molar-refractivity contribution in [3.63, 3.8) is 0 Å². The summed E-state index contributed by atoms with van der Waals surface area (Å²) in [5, 5.41) is 9.55. The lowest BCUT2D eigenvalue weighted by Crippen LogP contribution is -2.38. The molecule has 2 aromatic rings. The molecule has 0 saturated carbocycles. The van der Waals surface area contributed by atoms with Crippen LogP contribution in [0.4, 0.5) is 4.39 Å². The number of aliphatic imine (C=N–C) groups is 1. The molecular formula is C17H22FIN4O2S. The molecule has 142 valence electrons. The molecule has 0 spiro atoms. The average molecular weight is 492 g/mol. The van der Waals surface area contributed by atoms with Crippen molar-refractivity contribution in [2.24, 2.45) is 4.99 Å². The number of fused-ring (bicyclic) bond motifs is 1. The zero-order valence-electron chi connectivity index (χ0n) is 14.7. The van der Waals surface area contributed by atoms with E-state index in [-0.39, 0.29) is 36.6 Å². The van der Waals surface area contributed by atoms with Gasteiger partial charge in [-0.25, -0.2) is 9.37 Å². The fourth-order valence-electron chi connectivity index (χ4n) is 2.62. The van der Waals surface area contributed by atoms with Crippen LogP contribution >= 0.6 is 35.3 Å². The first-order chi connectivity index (χ1) is 12.2. The van der Waals surface area contributed by atoms with Crippen molar-refractivity contribution < 1.29 is 13.9 Å². The molecule has 2 N–H and O–H groups in total. The maximum atomic E-state index is 13.8. The number of guanidine groups is 1. The van der Waals surface area contributed by atoms with Gasteiger partial charge >= 0.3 is 0 Å².